The Kier molecular flexibility index (Phi) is 7.00. The Bertz CT molecular complexity index is 1390. The van der Waals surface area contributed by atoms with E-state index < -0.39 is 11.8 Å². The van der Waals surface area contributed by atoms with Crippen molar-refractivity contribution in [2.45, 2.75) is 6.92 Å². The van der Waals surface area contributed by atoms with E-state index in [0.717, 1.165) is 43.0 Å². The highest BCUT2D eigenvalue weighted by Crippen LogP contribution is 2.29. The van der Waals surface area contributed by atoms with Gasteiger partial charge in [0.25, 0.3) is 0 Å². The van der Waals surface area contributed by atoms with Gasteiger partial charge in [-0.25, -0.2) is 9.18 Å². The third-order valence-electron chi connectivity index (χ3n) is 6.14. The minimum absolute atomic E-state index is 0.00561. The number of hydrogen-bond donors (Lipinski definition) is 3. The molecule has 3 heterocycles. The lowest BCUT2D eigenvalue weighted by Gasteiger charge is -2.34. The fraction of sp³-hybridized carbons (Fsp3) is 0.222. The van der Waals surface area contributed by atoms with Crippen molar-refractivity contribution in [3.8, 4) is 22.8 Å². The van der Waals surface area contributed by atoms with Crippen LogP contribution in [0.25, 0.3) is 11.3 Å². The molecule has 1 fully saturated rings. The number of piperazine rings is 1. The van der Waals surface area contributed by atoms with E-state index >= 15 is 0 Å². The third kappa shape index (κ3) is 6.04. The molecule has 5 rings (SSSR count). The second-order valence-electron chi connectivity index (χ2n) is 9.03. The van der Waals surface area contributed by atoms with E-state index in [9.17, 15) is 9.18 Å². The molecule has 37 heavy (non-hydrogen) atoms. The molecule has 2 aromatic heterocycles. The number of benzene rings is 2. The van der Waals surface area contributed by atoms with E-state index in [2.05, 4.69) is 48.7 Å². The van der Waals surface area contributed by atoms with Gasteiger partial charge in [0.1, 0.15) is 17.3 Å². The quantitative estimate of drug-likeness (QED) is 0.340. The number of carbonyl (C=O) groups excluding carboxylic acids is 1. The van der Waals surface area contributed by atoms with Crippen LogP contribution in [-0.2, 0) is 0 Å². The number of pyridine rings is 1. The Balaban J connectivity index is 1.27. The fourth-order valence-corrected chi connectivity index (χ4v) is 4.19. The molecule has 2 amide bonds. The van der Waals surface area contributed by atoms with Gasteiger partial charge in [0.2, 0.25) is 0 Å². The van der Waals surface area contributed by atoms with E-state index in [1.165, 1.54) is 18.2 Å². The molecule has 2 aromatic carbocycles. The molecule has 0 saturated carbocycles. The summed E-state index contributed by atoms with van der Waals surface area (Å²) in [5, 5.41) is 12.1. The van der Waals surface area contributed by atoms with Crippen molar-refractivity contribution in [1.82, 2.24) is 20.1 Å². The maximum Gasteiger partial charge on any atom is 0.323 e. The van der Waals surface area contributed by atoms with Gasteiger partial charge in [-0.1, -0.05) is 0 Å². The largest absolute Gasteiger partial charge is 0.457 e. The number of halogens is 1. The number of anilines is 3. The smallest absolute Gasteiger partial charge is 0.323 e. The zero-order valence-corrected chi connectivity index (χ0v) is 20.7. The molecule has 4 aromatic rings. The van der Waals surface area contributed by atoms with Crippen LogP contribution in [0.3, 0.4) is 0 Å². The molecule has 0 atom stereocenters. The predicted octanol–water partition coefficient (Wildman–Crippen LogP) is 5.11. The fourth-order valence-electron chi connectivity index (χ4n) is 4.19. The summed E-state index contributed by atoms with van der Waals surface area (Å²) in [7, 11) is 2.11. The number of nitrogens with zero attached hydrogens (tertiary/aromatic N) is 4. The van der Waals surface area contributed by atoms with Gasteiger partial charge in [-0.2, -0.15) is 5.10 Å². The highest BCUT2D eigenvalue weighted by molar-refractivity contribution is 6.00. The number of hydrogen-bond acceptors (Lipinski definition) is 6. The van der Waals surface area contributed by atoms with Crippen LogP contribution in [0.2, 0.25) is 0 Å². The maximum atomic E-state index is 14.5. The number of aromatic amines is 1. The molecule has 0 bridgehead atoms. The number of H-pyrrole nitrogens is 1. The molecular formula is C27H28FN7O2. The zero-order valence-electron chi connectivity index (χ0n) is 20.7. The zero-order chi connectivity index (χ0) is 25.8. The summed E-state index contributed by atoms with van der Waals surface area (Å²) in [6.45, 7) is 5.80. The minimum atomic E-state index is -0.571. The molecular weight excluding hydrogens is 473 g/mol. The van der Waals surface area contributed by atoms with Crippen LogP contribution in [0.1, 0.15) is 5.56 Å². The van der Waals surface area contributed by atoms with Crippen molar-refractivity contribution >= 4 is 23.1 Å². The molecule has 0 spiro atoms. The van der Waals surface area contributed by atoms with Gasteiger partial charge < -0.3 is 25.2 Å². The first kappa shape index (κ1) is 24.3. The maximum absolute atomic E-state index is 14.5. The van der Waals surface area contributed by atoms with Crippen molar-refractivity contribution in [3.63, 3.8) is 0 Å². The Morgan fingerprint density at radius 3 is 2.62 bits per heavy atom. The molecule has 3 N–H and O–H groups in total. The SMILES string of the molecule is Cc1cc(NC(=O)Nc2cc(Oc3ccnc(-c4cn[nH]c4)c3)ccc2F)cc(N2CCN(C)CC2)c1. The number of likely N-dealkylation sites (N-methyl/N-ethyl adjacent to an activating group) is 1. The van der Waals surface area contributed by atoms with Gasteiger partial charge in [0, 0.05) is 67.6 Å². The lowest BCUT2D eigenvalue weighted by molar-refractivity contribution is 0.262. The third-order valence-corrected chi connectivity index (χ3v) is 6.14. The summed E-state index contributed by atoms with van der Waals surface area (Å²) in [4.78, 5) is 21.7. The Labute approximate surface area is 214 Å². The highest BCUT2D eigenvalue weighted by Gasteiger charge is 2.16. The van der Waals surface area contributed by atoms with Gasteiger partial charge in [-0.05, 0) is 55.9 Å². The van der Waals surface area contributed by atoms with Crippen LogP contribution in [0.4, 0.5) is 26.2 Å². The molecule has 1 aliphatic heterocycles. The normalized spacial score (nSPS) is 13.9. The molecule has 190 valence electrons. The second kappa shape index (κ2) is 10.7. The predicted molar refractivity (Wildman–Crippen MR) is 142 cm³/mol. The number of urea groups is 1. The summed E-state index contributed by atoms with van der Waals surface area (Å²) in [5.74, 6) is 0.317. The molecule has 1 aliphatic rings. The van der Waals surface area contributed by atoms with Crippen LogP contribution in [0.15, 0.2) is 67.1 Å². The summed E-state index contributed by atoms with van der Waals surface area (Å²) < 4.78 is 20.4. The average Bonchev–Trinajstić information content (AvgIpc) is 3.42. The lowest BCUT2D eigenvalue weighted by atomic mass is 10.1. The van der Waals surface area contributed by atoms with E-state index in [4.69, 9.17) is 4.74 Å². The number of aromatic nitrogens is 3. The summed E-state index contributed by atoms with van der Waals surface area (Å²) >= 11 is 0. The molecule has 10 heteroatoms. The Morgan fingerprint density at radius 1 is 1.03 bits per heavy atom. The molecule has 0 radical (unpaired) electrons. The van der Waals surface area contributed by atoms with E-state index in [1.54, 1.807) is 30.7 Å². The second-order valence-corrected chi connectivity index (χ2v) is 9.03. The number of rotatable bonds is 6. The van der Waals surface area contributed by atoms with E-state index in [0.29, 0.717) is 22.9 Å². The molecule has 1 saturated heterocycles. The number of ether oxygens (including phenoxy) is 1. The molecule has 9 nitrogen and oxygen atoms in total. The van der Waals surface area contributed by atoms with E-state index in [-0.39, 0.29) is 5.69 Å². The standard InChI is InChI=1S/C27H28FN7O2/c1-18-11-20(13-21(12-18)35-9-7-34(2)8-10-35)32-27(36)33-26-15-22(3-4-24(26)28)37-23-5-6-29-25(14-23)19-16-30-31-17-19/h3-6,11-17H,7-10H2,1-2H3,(H,30,31)(H2,32,33,36). The summed E-state index contributed by atoms with van der Waals surface area (Å²) in [6, 6.07) is 13.0. The molecule has 0 unspecified atom stereocenters. The lowest BCUT2D eigenvalue weighted by Crippen LogP contribution is -2.44. The van der Waals surface area contributed by atoms with Crippen molar-refractivity contribution in [2.75, 3.05) is 48.8 Å². The van der Waals surface area contributed by atoms with Gasteiger partial charge in [0.05, 0.1) is 17.6 Å². The number of carbonyl (C=O) groups is 1. The first-order valence-electron chi connectivity index (χ1n) is 12.0. The minimum Gasteiger partial charge on any atom is -0.457 e. The summed E-state index contributed by atoms with van der Waals surface area (Å²) in [5.41, 5.74) is 4.22. The van der Waals surface area contributed by atoms with Gasteiger partial charge in [0.15, 0.2) is 0 Å². The highest BCUT2D eigenvalue weighted by atomic mass is 19.1. The number of aryl methyl sites for hydroxylation is 1. The van der Waals surface area contributed by atoms with Gasteiger partial charge in [-0.3, -0.25) is 10.1 Å². The van der Waals surface area contributed by atoms with Crippen molar-refractivity contribution in [1.29, 1.82) is 0 Å². The van der Waals surface area contributed by atoms with Gasteiger partial charge >= 0.3 is 6.03 Å². The monoisotopic (exact) mass is 501 g/mol. The average molecular weight is 502 g/mol. The van der Waals surface area contributed by atoms with Crippen molar-refractivity contribution in [2.24, 2.45) is 0 Å². The first-order chi connectivity index (χ1) is 17.9. The van der Waals surface area contributed by atoms with Crippen LogP contribution >= 0.6 is 0 Å². The Morgan fingerprint density at radius 2 is 1.84 bits per heavy atom. The first-order valence-corrected chi connectivity index (χ1v) is 12.0. The number of amides is 2. The van der Waals surface area contributed by atoms with Crippen molar-refractivity contribution < 1.29 is 13.9 Å². The van der Waals surface area contributed by atoms with Crippen molar-refractivity contribution in [3.05, 3.63) is 78.5 Å². The Hall–Kier alpha value is -4.44. The van der Waals surface area contributed by atoms with Crippen LogP contribution in [-0.4, -0.2) is 59.3 Å². The van der Waals surface area contributed by atoms with Crippen LogP contribution in [0, 0.1) is 12.7 Å². The molecule has 0 aliphatic carbocycles. The topological polar surface area (TPSA) is 98.4 Å². The van der Waals surface area contributed by atoms with Crippen LogP contribution < -0.4 is 20.3 Å². The van der Waals surface area contributed by atoms with E-state index in [1.807, 2.05) is 19.1 Å². The number of nitrogens with one attached hydrogen (secondary N) is 3. The van der Waals surface area contributed by atoms with Gasteiger partial charge in [-0.15, -0.1) is 0 Å². The van der Waals surface area contributed by atoms with Crippen LogP contribution in [0.5, 0.6) is 11.5 Å². The summed E-state index contributed by atoms with van der Waals surface area (Å²) in [6.07, 6.45) is 5.01.